The van der Waals surface area contributed by atoms with Crippen molar-refractivity contribution in [3.05, 3.63) is 54.1 Å². The molecule has 86 valence electrons. The standard InChI is InChI=1S/C14H13NO2/c1-10-2-4-11(5-3-10)12-6-8-13(9-7-12)17-14(15)16/h2-9H,1H3,(H2,15,16). The summed E-state index contributed by atoms with van der Waals surface area (Å²) in [5, 5.41) is 0. The zero-order valence-electron chi connectivity index (χ0n) is 9.51. The molecular weight excluding hydrogens is 214 g/mol. The summed E-state index contributed by atoms with van der Waals surface area (Å²) in [6.45, 7) is 2.05. The van der Waals surface area contributed by atoms with Crippen LogP contribution < -0.4 is 10.5 Å². The molecule has 17 heavy (non-hydrogen) atoms. The first-order chi connectivity index (χ1) is 8.15. The van der Waals surface area contributed by atoms with Crippen LogP contribution in [0.5, 0.6) is 5.75 Å². The van der Waals surface area contributed by atoms with Crippen molar-refractivity contribution in [3.63, 3.8) is 0 Å². The normalized spacial score (nSPS) is 9.94. The summed E-state index contributed by atoms with van der Waals surface area (Å²) < 4.78 is 4.76. The van der Waals surface area contributed by atoms with Gasteiger partial charge >= 0.3 is 6.09 Å². The van der Waals surface area contributed by atoms with Gasteiger partial charge in [-0.3, -0.25) is 0 Å². The van der Waals surface area contributed by atoms with Crippen LogP contribution in [0.15, 0.2) is 48.5 Å². The minimum atomic E-state index is -0.798. The van der Waals surface area contributed by atoms with E-state index >= 15 is 0 Å². The summed E-state index contributed by atoms with van der Waals surface area (Å²) in [6, 6.07) is 15.5. The average molecular weight is 227 g/mol. The summed E-state index contributed by atoms with van der Waals surface area (Å²) in [5.74, 6) is 0.452. The molecule has 0 aliphatic heterocycles. The van der Waals surface area contributed by atoms with Crippen molar-refractivity contribution in [3.8, 4) is 16.9 Å². The first kappa shape index (κ1) is 11.2. The first-order valence-electron chi connectivity index (χ1n) is 5.29. The second-order valence-corrected chi connectivity index (χ2v) is 3.81. The number of benzene rings is 2. The molecule has 0 radical (unpaired) electrons. The summed E-state index contributed by atoms with van der Waals surface area (Å²) in [5.41, 5.74) is 8.35. The van der Waals surface area contributed by atoms with Crippen molar-refractivity contribution in [2.45, 2.75) is 6.92 Å². The number of primary amides is 1. The highest BCUT2D eigenvalue weighted by atomic mass is 16.5. The van der Waals surface area contributed by atoms with Crippen LogP contribution in [0.1, 0.15) is 5.56 Å². The van der Waals surface area contributed by atoms with E-state index in [1.165, 1.54) is 5.56 Å². The molecule has 2 aromatic carbocycles. The molecule has 0 unspecified atom stereocenters. The van der Waals surface area contributed by atoms with Gasteiger partial charge in [0.15, 0.2) is 0 Å². The molecule has 1 amide bonds. The number of aryl methyl sites for hydroxylation is 1. The lowest BCUT2D eigenvalue weighted by molar-refractivity contribution is 0.211. The highest BCUT2D eigenvalue weighted by Gasteiger charge is 2.00. The van der Waals surface area contributed by atoms with Crippen molar-refractivity contribution in [1.29, 1.82) is 0 Å². The van der Waals surface area contributed by atoms with E-state index in [2.05, 4.69) is 24.3 Å². The predicted molar refractivity (Wildman–Crippen MR) is 66.8 cm³/mol. The molecule has 0 aromatic heterocycles. The Kier molecular flexibility index (Phi) is 3.10. The van der Waals surface area contributed by atoms with Gasteiger partial charge in [0.1, 0.15) is 5.75 Å². The van der Waals surface area contributed by atoms with E-state index in [9.17, 15) is 4.79 Å². The van der Waals surface area contributed by atoms with Gasteiger partial charge in [-0.05, 0) is 30.2 Å². The fourth-order valence-corrected chi connectivity index (χ4v) is 1.58. The topological polar surface area (TPSA) is 52.3 Å². The van der Waals surface area contributed by atoms with E-state index in [1.807, 2.05) is 19.1 Å². The van der Waals surface area contributed by atoms with Gasteiger partial charge < -0.3 is 10.5 Å². The van der Waals surface area contributed by atoms with Crippen molar-refractivity contribution < 1.29 is 9.53 Å². The average Bonchev–Trinajstić information content (AvgIpc) is 2.30. The van der Waals surface area contributed by atoms with Gasteiger partial charge in [0, 0.05) is 0 Å². The van der Waals surface area contributed by atoms with Gasteiger partial charge in [0.05, 0.1) is 0 Å². The van der Waals surface area contributed by atoms with Crippen LogP contribution in [-0.2, 0) is 0 Å². The number of rotatable bonds is 2. The molecule has 0 atom stereocenters. The fraction of sp³-hybridized carbons (Fsp3) is 0.0714. The highest BCUT2D eigenvalue weighted by Crippen LogP contribution is 2.22. The maximum Gasteiger partial charge on any atom is 0.409 e. The highest BCUT2D eigenvalue weighted by molar-refractivity contribution is 5.69. The number of carbonyl (C=O) groups is 1. The quantitative estimate of drug-likeness (QED) is 0.856. The number of ether oxygens (including phenoxy) is 1. The van der Waals surface area contributed by atoms with E-state index in [0.717, 1.165) is 11.1 Å². The Labute approximate surface area is 99.8 Å². The van der Waals surface area contributed by atoms with Crippen LogP contribution in [0.3, 0.4) is 0 Å². The number of hydrogen-bond acceptors (Lipinski definition) is 2. The third-order valence-corrected chi connectivity index (χ3v) is 2.46. The summed E-state index contributed by atoms with van der Waals surface area (Å²) >= 11 is 0. The van der Waals surface area contributed by atoms with Crippen molar-refractivity contribution in [2.24, 2.45) is 5.73 Å². The van der Waals surface area contributed by atoms with Gasteiger partial charge in [0.2, 0.25) is 0 Å². The Balaban J connectivity index is 2.23. The van der Waals surface area contributed by atoms with Crippen LogP contribution in [0.2, 0.25) is 0 Å². The monoisotopic (exact) mass is 227 g/mol. The maximum atomic E-state index is 10.6. The zero-order valence-corrected chi connectivity index (χ0v) is 9.51. The third kappa shape index (κ3) is 2.84. The number of hydrogen-bond donors (Lipinski definition) is 1. The van der Waals surface area contributed by atoms with Gasteiger partial charge in [-0.2, -0.15) is 0 Å². The predicted octanol–water partition coefficient (Wildman–Crippen LogP) is 3.12. The molecule has 2 aromatic rings. The second kappa shape index (κ2) is 4.70. The molecule has 3 nitrogen and oxygen atoms in total. The lowest BCUT2D eigenvalue weighted by Gasteiger charge is -2.04. The van der Waals surface area contributed by atoms with E-state index in [-0.39, 0.29) is 0 Å². The largest absolute Gasteiger partial charge is 0.411 e. The molecule has 2 N–H and O–H groups in total. The second-order valence-electron chi connectivity index (χ2n) is 3.81. The molecule has 2 rings (SSSR count). The Morgan fingerprint density at radius 2 is 1.41 bits per heavy atom. The van der Waals surface area contributed by atoms with E-state index in [0.29, 0.717) is 5.75 Å². The summed E-state index contributed by atoms with van der Waals surface area (Å²) in [4.78, 5) is 10.6. The van der Waals surface area contributed by atoms with Crippen molar-refractivity contribution >= 4 is 6.09 Å². The van der Waals surface area contributed by atoms with Crippen LogP contribution >= 0.6 is 0 Å². The van der Waals surface area contributed by atoms with Crippen molar-refractivity contribution in [1.82, 2.24) is 0 Å². The Bertz CT molecular complexity index is 515. The van der Waals surface area contributed by atoms with Gasteiger partial charge in [-0.1, -0.05) is 42.0 Å². The number of carbonyl (C=O) groups excluding carboxylic acids is 1. The number of amides is 1. The lowest BCUT2D eigenvalue weighted by Crippen LogP contribution is -2.16. The molecule has 0 spiro atoms. The van der Waals surface area contributed by atoms with Gasteiger partial charge in [-0.25, -0.2) is 4.79 Å². The molecule has 0 aliphatic rings. The molecule has 0 saturated carbocycles. The van der Waals surface area contributed by atoms with Crippen LogP contribution in [0.25, 0.3) is 11.1 Å². The molecule has 0 saturated heterocycles. The third-order valence-electron chi connectivity index (χ3n) is 2.46. The Morgan fingerprint density at radius 3 is 1.88 bits per heavy atom. The van der Waals surface area contributed by atoms with E-state index < -0.39 is 6.09 Å². The van der Waals surface area contributed by atoms with Crippen molar-refractivity contribution in [2.75, 3.05) is 0 Å². The van der Waals surface area contributed by atoms with Gasteiger partial charge in [0.25, 0.3) is 0 Å². The van der Waals surface area contributed by atoms with E-state index in [1.54, 1.807) is 12.1 Å². The fourth-order valence-electron chi connectivity index (χ4n) is 1.58. The summed E-state index contributed by atoms with van der Waals surface area (Å²) in [7, 11) is 0. The zero-order chi connectivity index (χ0) is 12.3. The maximum absolute atomic E-state index is 10.6. The SMILES string of the molecule is Cc1ccc(-c2ccc(OC(N)=O)cc2)cc1. The molecule has 0 aliphatic carbocycles. The molecule has 0 bridgehead atoms. The minimum absolute atomic E-state index is 0.452. The van der Waals surface area contributed by atoms with Gasteiger partial charge in [-0.15, -0.1) is 0 Å². The smallest absolute Gasteiger partial charge is 0.409 e. The van der Waals surface area contributed by atoms with E-state index in [4.69, 9.17) is 10.5 Å². The number of nitrogens with two attached hydrogens (primary N) is 1. The molecule has 0 fully saturated rings. The molecular formula is C14H13NO2. The van der Waals surface area contributed by atoms with Crippen LogP contribution in [0, 0.1) is 6.92 Å². The first-order valence-corrected chi connectivity index (χ1v) is 5.29. The lowest BCUT2D eigenvalue weighted by atomic mass is 10.0. The molecule has 0 heterocycles. The minimum Gasteiger partial charge on any atom is -0.411 e. The van der Waals surface area contributed by atoms with Crippen LogP contribution in [0.4, 0.5) is 4.79 Å². The summed E-state index contributed by atoms with van der Waals surface area (Å²) in [6.07, 6.45) is -0.798. The Morgan fingerprint density at radius 1 is 0.941 bits per heavy atom. The Hall–Kier alpha value is -2.29. The molecule has 3 heteroatoms. The van der Waals surface area contributed by atoms with Crippen LogP contribution in [-0.4, -0.2) is 6.09 Å².